The Balaban J connectivity index is 2.16. The van der Waals surface area contributed by atoms with Crippen LogP contribution in [0.3, 0.4) is 0 Å². The lowest BCUT2D eigenvalue weighted by Gasteiger charge is -2.33. The van der Waals surface area contributed by atoms with Gasteiger partial charge in [0.15, 0.2) is 11.6 Å². The van der Waals surface area contributed by atoms with Crippen LogP contribution in [0.4, 0.5) is 20.2 Å². The van der Waals surface area contributed by atoms with Crippen molar-refractivity contribution >= 4 is 11.4 Å². The summed E-state index contributed by atoms with van der Waals surface area (Å²) < 4.78 is 27.8. The van der Waals surface area contributed by atoms with Gasteiger partial charge in [0.05, 0.1) is 17.1 Å². The molecule has 110 valence electrons. The number of non-ortho nitro benzene ring substituents is 1. The van der Waals surface area contributed by atoms with Gasteiger partial charge in [0.1, 0.15) is 5.69 Å². The van der Waals surface area contributed by atoms with Crippen LogP contribution in [0.15, 0.2) is 12.1 Å². The number of benzene rings is 1. The second kappa shape index (κ2) is 6.13. The van der Waals surface area contributed by atoms with Crippen LogP contribution in [0.5, 0.6) is 0 Å². The fourth-order valence-corrected chi connectivity index (χ4v) is 2.61. The van der Waals surface area contributed by atoms with Gasteiger partial charge < -0.3 is 10.2 Å². The van der Waals surface area contributed by atoms with E-state index in [4.69, 9.17) is 0 Å². The van der Waals surface area contributed by atoms with E-state index in [-0.39, 0.29) is 5.69 Å². The summed E-state index contributed by atoms with van der Waals surface area (Å²) in [6, 6.07) is 1.55. The summed E-state index contributed by atoms with van der Waals surface area (Å²) in [7, 11) is 1.88. The first-order valence-electron chi connectivity index (χ1n) is 6.56. The number of hydrogen-bond acceptors (Lipinski definition) is 4. The van der Waals surface area contributed by atoms with Crippen LogP contribution in [-0.2, 0) is 0 Å². The minimum absolute atomic E-state index is 0.154. The van der Waals surface area contributed by atoms with Crippen molar-refractivity contribution in [2.75, 3.05) is 31.6 Å². The maximum absolute atomic E-state index is 13.9. The van der Waals surface area contributed by atoms with E-state index in [0.717, 1.165) is 31.5 Å². The average Bonchev–Trinajstić information content (AvgIpc) is 2.40. The molecule has 0 atom stereocenters. The third-order valence-corrected chi connectivity index (χ3v) is 3.64. The number of halogens is 2. The van der Waals surface area contributed by atoms with Gasteiger partial charge in [-0.15, -0.1) is 0 Å². The fourth-order valence-electron chi connectivity index (χ4n) is 2.61. The number of rotatable bonds is 4. The molecular formula is C13H17F2N3O2. The topological polar surface area (TPSA) is 58.4 Å². The molecule has 0 spiro atoms. The molecule has 1 saturated heterocycles. The Hall–Kier alpha value is -1.76. The van der Waals surface area contributed by atoms with E-state index in [2.05, 4.69) is 5.32 Å². The van der Waals surface area contributed by atoms with Gasteiger partial charge in [-0.3, -0.25) is 10.1 Å². The quantitative estimate of drug-likeness (QED) is 0.681. The van der Waals surface area contributed by atoms with E-state index in [1.54, 1.807) is 4.90 Å². The van der Waals surface area contributed by atoms with Crippen LogP contribution < -0.4 is 10.2 Å². The Morgan fingerprint density at radius 1 is 1.35 bits per heavy atom. The Morgan fingerprint density at radius 3 is 2.35 bits per heavy atom. The van der Waals surface area contributed by atoms with E-state index in [9.17, 15) is 18.9 Å². The third-order valence-electron chi connectivity index (χ3n) is 3.64. The molecule has 0 aliphatic carbocycles. The number of hydrogen-bond donors (Lipinski definition) is 1. The number of anilines is 1. The number of nitro benzene ring substituents is 1. The summed E-state index contributed by atoms with van der Waals surface area (Å²) in [5.41, 5.74) is -0.715. The summed E-state index contributed by atoms with van der Waals surface area (Å²) in [6.07, 6.45) is 1.69. The molecular weight excluding hydrogens is 268 g/mol. The predicted octanol–water partition coefficient (Wildman–Crippen LogP) is 2.31. The summed E-state index contributed by atoms with van der Waals surface area (Å²) >= 11 is 0. The fraction of sp³-hybridized carbons (Fsp3) is 0.538. The van der Waals surface area contributed by atoms with E-state index in [1.165, 1.54) is 0 Å². The zero-order valence-electron chi connectivity index (χ0n) is 11.2. The van der Waals surface area contributed by atoms with Gasteiger partial charge in [0.2, 0.25) is 0 Å². The van der Waals surface area contributed by atoms with Crippen LogP contribution in [-0.4, -0.2) is 31.6 Å². The minimum atomic E-state index is -0.872. The third kappa shape index (κ3) is 3.04. The second-order valence-corrected chi connectivity index (χ2v) is 5.00. The second-order valence-electron chi connectivity index (χ2n) is 5.00. The lowest BCUT2D eigenvalue weighted by molar-refractivity contribution is -0.385. The van der Waals surface area contributed by atoms with E-state index < -0.39 is 22.2 Å². The van der Waals surface area contributed by atoms with Crippen molar-refractivity contribution in [1.29, 1.82) is 0 Å². The first-order chi connectivity index (χ1) is 9.52. The Kier molecular flexibility index (Phi) is 4.49. The smallest absolute Gasteiger partial charge is 0.275 e. The molecule has 7 heteroatoms. The molecule has 1 aromatic rings. The monoisotopic (exact) mass is 285 g/mol. The van der Waals surface area contributed by atoms with Crippen LogP contribution in [0.1, 0.15) is 12.8 Å². The molecule has 0 saturated carbocycles. The number of nitrogens with one attached hydrogen (secondary N) is 1. The molecule has 0 bridgehead atoms. The highest BCUT2D eigenvalue weighted by Crippen LogP contribution is 2.31. The van der Waals surface area contributed by atoms with Crippen molar-refractivity contribution in [3.8, 4) is 0 Å². The highest BCUT2D eigenvalue weighted by atomic mass is 19.1. The summed E-state index contributed by atoms with van der Waals surface area (Å²) in [5.74, 6) is -1.24. The van der Waals surface area contributed by atoms with Crippen molar-refractivity contribution in [3.05, 3.63) is 33.9 Å². The molecule has 1 aromatic carbocycles. The number of nitro groups is 1. The first-order valence-corrected chi connectivity index (χ1v) is 6.56. The predicted molar refractivity (Wildman–Crippen MR) is 71.9 cm³/mol. The van der Waals surface area contributed by atoms with Gasteiger partial charge in [-0.2, -0.15) is 0 Å². The normalized spacial score (nSPS) is 16.4. The zero-order chi connectivity index (χ0) is 14.7. The van der Waals surface area contributed by atoms with Crippen LogP contribution in [0.25, 0.3) is 0 Å². The molecule has 0 amide bonds. The molecule has 1 N–H and O–H groups in total. The van der Waals surface area contributed by atoms with Crippen LogP contribution in [0, 0.1) is 27.7 Å². The Bertz CT molecular complexity index is 479. The first kappa shape index (κ1) is 14.6. The maximum Gasteiger partial charge on any atom is 0.275 e. The van der Waals surface area contributed by atoms with E-state index >= 15 is 0 Å². The van der Waals surface area contributed by atoms with Crippen molar-refractivity contribution in [3.63, 3.8) is 0 Å². The lowest BCUT2D eigenvalue weighted by atomic mass is 9.96. The summed E-state index contributed by atoms with van der Waals surface area (Å²) in [4.78, 5) is 11.4. The average molecular weight is 285 g/mol. The molecule has 2 rings (SSSR count). The van der Waals surface area contributed by atoms with Crippen molar-refractivity contribution in [2.24, 2.45) is 5.92 Å². The molecule has 1 aliphatic rings. The van der Waals surface area contributed by atoms with Gasteiger partial charge in [-0.1, -0.05) is 0 Å². The van der Waals surface area contributed by atoms with Gasteiger partial charge in [0, 0.05) is 13.1 Å². The molecule has 20 heavy (non-hydrogen) atoms. The molecule has 0 aromatic heterocycles. The standard InChI is InChI=1S/C13H17F2N3O2/c1-16-8-9-2-4-17(5-3-9)13-11(14)6-10(18(19)20)7-12(13)15/h6-7,9,16H,2-5,8H2,1H3. The highest BCUT2D eigenvalue weighted by molar-refractivity contribution is 5.54. The van der Waals surface area contributed by atoms with Gasteiger partial charge in [-0.05, 0) is 32.4 Å². The minimum Gasteiger partial charge on any atom is -0.367 e. The van der Waals surface area contributed by atoms with Gasteiger partial charge in [-0.25, -0.2) is 8.78 Å². The van der Waals surface area contributed by atoms with Gasteiger partial charge >= 0.3 is 0 Å². The van der Waals surface area contributed by atoms with Crippen molar-refractivity contribution in [2.45, 2.75) is 12.8 Å². The van der Waals surface area contributed by atoms with E-state index in [1.807, 2.05) is 7.05 Å². The maximum atomic E-state index is 13.9. The number of piperidine rings is 1. The molecule has 5 nitrogen and oxygen atoms in total. The molecule has 1 aliphatic heterocycles. The van der Waals surface area contributed by atoms with Crippen molar-refractivity contribution in [1.82, 2.24) is 5.32 Å². The van der Waals surface area contributed by atoms with Crippen LogP contribution in [0.2, 0.25) is 0 Å². The highest BCUT2D eigenvalue weighted by Gasteiger charge is 2.25. The van der Waals surface area contributed by atoms with Crippen LogP contribution >= 0.6 is 0 Å². The zero-order valence-corrected chi connectivity index (χ0v) is 11.2. The Morgan fingerprint density at radius 2 is 1.90 bits per heavy atom. The Labute approximate surface area is 115 Å². The lowest BCUT2D eigenvalue weighted by Crippen LogP contribution is -2.37. The number of nitrogens with zero attached hydrogens (tertiary/aromatic N) is 2. The van der Waals surface area contributed by atoms with Gasteiger partial charge in [0.25, 0.3) is 5.69 Å². The van der Waals surface area contributed by atoms with Crippen molar-refractivity contribution < 1.29 is 13.7 Å². The molecule has 0 radical (unpaired) electrons. The largest absolute Gasteiger partial charge is 0.367 e. The molecule has 1 heterocycles. The molecule has 0 unspecified atom stereocenters. The SMILES string of the molecule is CNCC1CCN(c2c(F)cc([N+](=O)[O-])cc2F)CC1. The summed E-state index contributed by atoms with van der Waals surface area (Å²) in [5, 5.41) is 13.7. The summed E-state index contributed by atoms with van der Waals surface area (Å²) in [6.45, 7) is 2.00. The van der Waals surface area contributed by atoms with E-state index in [0.29, 0.717) is 19.0 Å². The molecule has 1 fully saturated rings.